The van der Waals surface area contributed by atoms with E-state index in [2.05, 4.69) is 0 Å². The first kappa shape index (κ1) is 20.8. The minimum absolute atomic E-state index is 0.374. The molecule has 2 rings (SSSR count). The lowest BCUT2D eigenvalue weighted by molar-refractivity contribution is -0.147. The van der Waals surface area contributed by atoms with Crippen molar-refractivity contribution >= 4 is 12.1 Å². The molecule has 6 heteroatoms. The van der Waals surface area contributed by atoms with Crippen LogP contribution in [0, 0.1) is 0 Å². The van der Waals surface area contributed by atoms with Crippen LogP contribution in [0.25, 0.3) is 0 Å². The topological polar surface area (TPSA) is 65.1 Å². The largest absolute Gasteiger partial charge is 0.490 e. The summed E-state index contributed by atoms with van der Waals surface area (Å²) >= 11 is 0. The molecule has 0 unspecified atom stereocenters. The maximum absolute atomic E-state index is 12.6. The smallest absolute Gasteiger partial charge is 0.411 e. The molecule has 0 bridgehead atoms. The number of hydrogen-bond donors (Lipinski definition) is 0. The van der Waals surface area contributed by atoms with Gasteiger partial charge in [-0.2, -0.15) is 0 Å². The van der Waals surface area contributed by atoms with Crippen LogP contribution in [0.15, 0.2) is 29.8 Å². The molecule has 0 aliphatic carbocycles. The second-order valence-corrected chi connectivity index (χ2v) is 7.80. The third-order valence-electron chi connectivity index (χ3n) is 4.14. The fourth-order valence-corrected chi connectivity index (χ4v) is 2.88. The average molecular weight is 375 g/mol. The SMILES string of the molecule is COC(=O)[C@H]1c2ccc(OCC=C(C)C)cc2CCN1C(=O)OC(C)(C)C. The van der Waals surface area contributed by atoms with Crippen LogP contribution < -0.4 is 4.74 Å². The molecule has 1 atom stereocenters. The van der Waals surface area contributed by atoms with Gasteiger partial charge in [0, 0.05) is 6.54 Å². The van der Waals surface area contributed by atoms with Crippen molar-refractivity contribution in [1.82, 2.24) is 4.90 Å². The fourth-order valence-electron chi connectivity index (χ4n) is 2.88. The first-order chi connectivity index (χ1) is 12.6. The Labute approximate surface area is 161 Å². The van der Waals surface area contributed by atoms with E-state index in [0.29, 0.717) is 19.6 Å². The van der Waals surface area contributed by atoms with Gasteiger partial charge in [-0.15, -0.1) is 0 Å². The maximum atomic E-state index is 12.6. The number of allylic oxidation sites excluding steroid dienone is 1. The Morgan fingerprint density at radius 2 is 1.96 bits per heavy atom. The van der Waals surface area contributed by atoms with E-state index in [0.717, 1.165) is 16.9 Å². The summed E-state index contributed by atoms with van der Waals surface area (Å²) in [5.41, 5.74) is 2.26. The number of hydrogen-bond acceptors (Lipinski definition) is 5. The standard InChI is InChI=1S/C21H29NO5/c1-14(2)10-12-26-16-7-8-17-15(13-16)9-11-22(18(17)19(23)25-6)20(24)27-21(3,4)5/h7-8,10,13,18H,9,11-12H2,1-6H3/t18-/m1/s1. The van der Waals surface area contributed by atoms with Crippen LogP contribution in [-0.4, -0.2) is 42.8 Å². The Kier molecular flexibility index (Phi) is 6.52. The van der Waals surface area contributed by atoms with Gasteiger partial charge in [0.25, 0.3) is 0 Å². The normalized spacial score (nSPS) is 16.2. The lowest BCUT2D eigenvalue weighted by Gasteiger charge is -2.36. The molecule has 0 N–H and O–H groups in total. The summed E-state index contributed by atoms with van der Waals surface area (Å²) in [5, 5.41) is 0. The Hall–Kier alpha value is -2.50. The lowest BCUT2D eigenvalue weighted by Crippen LogP contribution is -2.46. The van der Waals surface area contributed by atoms with Crippen molar-refractivity contribution < 1.29 is 23.8 Å². The zero-order valence-corrected chi connectivity index (χ0v) is 17.0. The minimum Gasteiger partial charge on any atom is -0.490 e. The zero-order chi connectivity index (χ0) is 20.2. The van der Waals surface area contributed by atoms with Gasteiger partial charge in [0.15, 0.2) is 6.04 Å². The van der Waals surface area contributed by atoms with Crippen molar-refractivity contribution in [3.63, 3.8) is 0 Å². The molecule has 27 heavy (non-hydrogen) atoms. The van der Waals surface area contributed by atoms with Crippen molar-refractivity contribution in [1.29, 1.82) is 0 Å². The van der Waals surface area contributed by atoms with Gasteiger partial charge in [-0.3, -0.25) is 4.90 Å². The highest BCUT2D eigenvalue weighted by Crippen LogP contribution is 2.34. The number of fused-ring (bicyclic) bond motifs is 1. The number of esters is 1. The number of nitrogens with zero attached hydrogens (tertiary/aromatic N) is 1. The van der Waals surface area contributed by atoms with Crippen LogP contribution in [0.5, 0.6) is 5.75 Å². The summed E-state index contributed by atoms with van der Waals surface area (Å²) in [4.78, 5) is 26.5. The molecule has 1 aromatic carbocycles. The summed E-state index contributed by atoms with van der Waals surface area (Å²) in [6, 6.07) is 4.74. The first-order valence-corrected chi connectivity index (χ1v) is 9.09. The second kappa shape index (κ2) is 8.46. The predicted octanol–water partition coefficient (Wildman–Crippen LogP) is 4.04. The molecular weight excluding hydrogens is 346 g/mol. The van der Waals surface area contributed by atoms with E-state index in [9.17, 15) is 9.59 Å². The third-order valence-corrected chi connectivity index (χ3v) is 4.14. The van der Waals surface area contributed by atoms with Crippen LogP contribution in [0.4, 0.5) is 4.79 Å². The number of ether oxygens (including phenoxy) is 3. The molecule has 1 heterocycles. The highest BCUT2D eigenvalue weighted by atomic mass is 16.6. The van der Waals surface area contributed by atoms with Gasteiger partial charge in [0.05, 0.1) is 7.11 Å². The predicted molar refractivity (Wildman–Crippen MR) is 103 cm³/mol. The number of benzene rings is 1. The van der Waals surface area contributed by atoms with Gasteiger partial charge in [-0.05, 0) is 70.4 Å². The highest BCUT2D eigenvalue weighted by molar-refractivity contribution is 5.84. The third kappa shape index (κ3) is 5.49. The van der Waals surface area contributed by atoms with Gasteiger partial charge < -0.3 is 14.2 Å². The van der Waals surface area contributed by atoms with Gasteiger partial charge >= 0.3 is 12.1 Å². The summed E-state index contributed by atoms with van der Waals surface area (Å²) in [5.74, 6) is 0.251. The van der Waals surface area contributed by atoms with E-state index in [-0.39, 0.29) is 0 Å². The Morgan fingerprint density at radius 1 is 1.26 bits per heavy atom. The van der Waals surface area contributed by atoms with E-state index in [4.69, 9.17) is 14.2 Å². The van der Waals surface area contributed by atoms with Crippen LogP contribution in [0.3, 0.4) is 0 Å². The molecule has 0 saturated heterocycles. The second-order valence-electron chi connectivity index (χ2n) is 7.80. The number of carbonyl (C=O) groups is 2. The number of methoxy groups -OCH3 is 1. The lowest BCUT2D eigenvalue weighted by atomic mass is 9.92. The summed E-state index contributed by atoms with van der Waals surface area (Å²) < 4.78 is 16.2. The number of rotatable bonds is 4. The summed E-state index contributed by atoms with van der Waals surface area (Å²) in [6.07, 6.45) is 2.09. The van der Waals surface area contributed by atoms with Gasteiger partial charge in [-0.1, -0.05) is 11.6 Å². The molecular formula is C21H29NO5. The monoisotopic (exact) mass is 375 g/mol. The van der Waals surface area contributed by atoms with Crippen LogP contribution in [-0.2, 0) is 20.7 Å². The molecule has 0 fully saturated rings. The molecule has 1 aliphatic heterocycles. The highest BCUT2D eigenvalue weighted by Gasteiger charge is 2.38. The molecule has 1 aliphatic rings. The molecule has 1 aromatic rings. The van der Waals surface area contributed by atoms with Crippen molar-refractivity contribution in [3.05, 3.63) is 41.0 Å². The number of amides is 1. The van der Waals surface area contributed by atoms with Gasteiger partial charge in [0.2, 0.25) is 0 Å². The van der Waals surface area contributed by atoms with Crippen LogP contribution in [0.2, 0.25) is 0 Å². The molecule has 148 valence electrons. The van der Waals surface area contributed by atoms with Crippen molar-refractivity contribution in [2.24, 2.45) is 0 Å². The maximum Gasteiger partial charge on any atom is 0.411 e. The van der Waals surface area contributed by atoms with E-state index in [1.807, 2.05) is 38.1 Å². The molecule has 0 aromatic heterocycles. The van der Waals surface area contributed by atoms with Crippen molar-refractivity contribution in [2.75, 3.05) is 20.3 Å². The Bertz CT molecular complexity index is 729. The van der Waals surface area contributed by atoms with Crippen molar-refractivity contribution in [2.45, 2.75) is 52.7 Å². The van der Waals surface area contributed by atoms with Gasteiger partial charge in [0.1, 0.15) is 18.0 Å². The average Bonchev–Trinajstić information content (AvgIpc) is 2.58. The van der Waals surface area contributed by atoms with E-state index in [1.165, 1.54) is 17.6 Å². The molecule has 0 spiro atoms. The summed E-state index contributed by atoms with van der Waals surface area (Å²) in [7, 11) is 1.32. The van der Waals surface area contributed by atoms with E-state index >= 15 is 0 Å². The van der Waals surface area contributed by atoms with Gasteiger partial charge in [-0.25, -0.2) is 9.59 Å². The molecule has 6 nitrogen and oxygen atoms in total. The first-order valence-electron chi connectivity index (χ1n) is 9.09. The number of carbonyl (C=O) groups excluding carboxylic acids is 2. The van der Waals surface area contributed by atoms with Crippen LogP contribution in [0.1, 0.15) is 51.8 Å². The molecule has 0 saturated carbocycles. The summed E-state index contributed by atoms with van der Waals surface area (Å²) in [6.45, 7) is 10.3. The van der Waals surface area contributed by atoms with E-state index in [1.54, 1.807) is 20.8 Å². The minimum atomic E-state index is -0.819. The Morgan fingerprint density at radius 3 is 2.56 bits per heavy atom. The van der Waals surface area contributed by atoms with Crippen LogP contribution >= 0.6 is 0 Å². The van der Waals surface area contributed by atoms with E-state index < -0.39 is 23.7 Å². The molecule has 0 radical (unpaired) electrons. The van der Waals surface area contributed by atoms with Crippen molar-refractivity contribution in [3.8, 4) is 5.75 Å². The molecule has 1 amide bonds. The fraction of sp³-hybridized carbons (Fsp3) is 0.524. The zero-order valence-electron chi connectivity index (χ0n) is 17.0. The quantitative estimate of drug-likeness (QED) is 0.587. The Balaban J connectivity index is 2.28.